The second kappa shape index (κ2) is 7.43. The van der Waals surface area contributed by atoms with E-state index in [9.17, 15) is 9.90 Å². The van der Waals surface area contributed by atoms with E-state index in [4.69, 9.17) is 0 Å². The Morgan fingerprint density at radius 2 is 2.00 bits per heavy atom. The van der Waals surface area contributed by atoms with Gasteiger partial charge in [-0.3, -0.25) is 9.48 Å². The standard InChI is InChI=1S/C15H27N3O2/c1-6-12(7-2)18-13(8-11(5)17-18)15(20)16-9-14(19)10(3)4/h8,10,12,14,19H,6-7,9H2,1-5H3,(H,16,20). The molecule has 114 valence electrons. The Hall–Kier alpha value is -1.36. The molecule has 0 aliphatic heterocycles. The molecule has 0 fully saturated rings. The lowest BCUT2D eigenvalue weighted by Gasteiger charge is -2.18. The molecule has 0 saturated carbocycles. The zero-order chi connectivity index (χ0) is 15.3. The summed E-state index contributed by atoms with van der Waals surface area (Å²) in [6, 6.07) is 2.04. The Morgan fingerprint density at radius 1 is 1.40 bits per heavy atom. The minimum atomic E-state index is -0.524. The van der Waals surface area contributed by atoms with E-state index in [0.29, 0.717) is 5.69 Å². The molecule has 1 aromatic heterocycles. The molecule has 0 saturated heterocycles. The Morgan fingerprint density at radius 3 is 2.50 bits per heavy atom. The number of aromatic nitrogens is 2. The van der Waals surface area contributed by atoms with Gasteiger partial charge in [-0.15, -0.1) is 0 Å². The number of nitrogens with zero attached hydrogens (tertiary/aromatic N) is 2. The zero-order valence-corrected chi connectivity index (χ0v) is 13.2. The predicted octanol–water partition coefficient (Wildman–Crippen LogP) is 2.30. The summed E-state index contributed by atoms with van der Waals surface area (Å²) in [5, 5.41) is 17.0. The van der Waals surface area contributed by atoms with E-state index >= 15 is 0 Å². The van der Waals surface area contributed by atoms with Crippen LogP contribution in [0.5, 0.6) is 0 Å². The molecular formula is C15H27N3O2. The fourth-order valence-corrected chi connectivity index (χ4v) is 2.12. The molecule has 1 rings (SSSR count). The van der Waals surface area contributed by atoms with Gasteiger partial charge in [0.15, 0.2) is 0 Å². The highest BCUT2D eigenvalue weighted by molar-refractivity contribution is 5.92. The Balaban J connectivity index is 2.82. The molecule has 0 aromatic carbocycles. The van der Waals surface area contributed by atoms with Crippen LogP contribution in [0.3, 0.4) is 0 Å². The van der Waals surface area contributed by atoms with Crippen molar-refractivity contribution in [2.45, 2.75) is 59.6 Å². The quantitative estimate of drug-likeness (QED) is 0.806. The molecule has 5 nitrogen and oxygen atoms in total. The number of nitrogens with one attached hydrogen (secondary N) is 1. The van der Waals surface area contributed by atoms with Crippen molar-refractivity contribution in [3.8, 4) is 0 Å². The van der Waals surface area contributed by atoms with Crippen LogP contribution in [0.4, 0.5) is 0 Å². The Bertz CT molecular complexity index is 436. The van der Waals surface area contributed by atoms with Crippen molar-refractivity contribution >= 4 is 5.91 Å². The van der Waals surface area contributed by atoms with Crippen molar-refractivity contribution in [3.05, 3.63) is 17.5 Å². The average molecular weight is 281 g/mol. The van der Waals surface area contributed by atoms with E-state index in [1.165, 1.54) is 0 Å². The molecule has 0 aliphatic rings. The first-order valence-corrected chi connectivity index (χ1v) is 7.43. The normalized spacial score (nSPS) is 13.0. The van der Waals surface area contributed by atoms with Gasteiger partial charge in [-0.1, -0.05) is 27.7 Å². The first-order valence-electron chi connectivity index (χ1n) is 7.43. The second-order valence-electron chi connectivity index (χ2n) is 5.61. The Labute approximate surface area is 121 Å². The molecule has 5 heteroatoms. The van der Waals surface area contributed by atoms with Gasteiger partial charge >= 0.3 is 0 Å². The molecule has 1 unspecified atom stereocenters. The van der Waals surface area contributed by atoms with Crippen LogP contribution in [-0.2, 0) is 0 Å². The summed E-state index contributed by atoms with van der Waals surface area (Å²) in [6.45, 7) is 10.2. The maximum absolute atomic E-state index is 12.3. The molecule has 0 bridgehead atoms. The number of rotatable bonds is 7. The van der Waals surface area contributed by atoms with Gasteiger partial charge < -0.3 is 10.4 Å². The summed E-state index contributed by atoms with van der Waals surface area (Å²) in [5.41, 5.74) is 1.42. The van der Waals surface area contributed by atoms with E-state index in [1.807, 2.05) is 25.5 Å². The lowest BCUT2D eigenvalue weighted by atomic mass is 10.1. The fourth-order valence-electron chi connectivity index (χ4n) is 2.12. The van der Waals surface area contributed by atoms with Crippen molar-refractivity contribution in [2.24, 2.45) is 5.92 Å². The molecule has 0 aliphatic carbocycles. The molecular weight excluding hydrogens is 254 g/mol. The van der Waals surface area contributed by atoms with Crippen LogP contribution in [-0.4, -0.2) is 33.4 Å². The first kappa shape index (κ1) is 16.7. The van der Waals surface area contributed by atoms with Crippen molar-refractivity contribution in [1.29, 1.82) is 0 Å². The van der Waals surface area contributed by atoms with E-state index in [-0.39, 0.29) is 24.4 Å². The number of carbonyl (C=O) groups excluding carboxylic acids is 1. The van der Waals surface area contributed by atoms with Crippen LogP contribution in [0.25, 0.3) is 0 Å². The van der Waals surface area contributed by atoms with Crippen LogP contribution < -0.4 is 5.32 Å². The largest absolute Gasteiger partial charge is 0.391 e. The van der Waals surface area contributed by atoms with E-state index < -0.39 is 6.10 Å². The third-order valence-electron chi connectivity index (χ3n) is 3.62. The highest BCUT2D eigenvalue weighted by Gasteiger charge is 2.19. The molecule has 0 spiro atoms. The number of hydrogen-bond acceptors (Lipinski definition) is 3. The van der Waals surface area contributed by atoms with Crippen molar-refractivity contribution in [2.75, 3.05) is 6.54 Å². The van der Waals surface area contributed by atoms with Gasteiger partial charge in [-0.2, -0.15) is 5.10 Å². The Kier molecular flexibility index (Phi) is 6.20. The van der Waals surface area contributed by atoms with Crippen LogP contribution in [0.15, 0.2) is 6.07 Å². The molecule has 1 atom stereocenters. The molecule has 1 amide bonds. The maximum Gasteiger partial charge on any atom is 0.269 e. The lowest BCUT2D eigenvalue weighted by Crippen LogP contribution is -2.36. The predicted molar refractivity (Wildman–Crippen MR) is 79.8 cm³/mol. The van der Waals surface area contributed by atoms with E-state index in [0.717, 1.165) is 18.5 Å². The molecule has 0 radical (unpaired) electrons. The van der Waals surface area contributed by atoms with Crippen LogP contribution in [0, 0.1) is 12.8 Å². The van der Waals surface area contributed by atoms with Gasteiger partial charge in [-0.05, 0) is 31.7 Å². The topological polar surface area (TPSA) is 67.2 Å². The van der Waals surface area contributed by atoms with Gasteiger partial charge in [0, 0.05) is 6.54 Å². The van der Waals surface area contributed by atoms with Crippen molar-refractivity contribution in [3.63, 3.8) is 0 Å². The maximum atomic E-state index is 12.3. The summed E-state index contributed by atoms with van der Waals surface area (Å²) in [4.78, 5) is 12.3. The number of aliphatic hydroxyl groups is 1. The van der Waals surface area contributed by atoms with Crippen molar-refractivity contribution in [1.82, 2.24) is 15.1 Å². The molecule has 1 heterocycles. The van der Waals surface area contributed by atoms with Gasteiger partial charge in [0.2, 0.25) is 0 Å². The van der Waals surface area contributed by atoms with Crippen LogP contribution >= 0.6 is 0 Å². The number of aliphatic hydroxyl groups excluding tert-OH is 1. The minimum Gasteiger partial charge on any atom is -0.391 e. The lowest BCUT2D eigenvalue weighted by molar-refractivity contribution is 0.0859. The van der Waals surface area contributed by atoms with Crippen LogP contribution in [0.2, 0.25) is 0 Å². The van der Waals surface area contributed by atoms with Crippen LogP contribution in [0.1, 0.15) is 62.8 Å². The third-order valence-corrected chi connectivity index (χ3v) is 3.62. The van der Waals surface area contributed by atoms with Gasteiger partial charge in [0.1, 0.15) is 5.69 Å². The van der Waals surface area contributed by atoms with Crippen molar-refractivity contribution < 1.29 is 9.90 Å². The fraction of sp³-hybridized carbons (Fsp3) is 0.733. The highest BCUT2D eigenvalue weighted by Crippen LogP contribution is 2.18. The first-order chi connectivity index (χ1) is 9.40. The molecule has 1 aromatic rings. The monoisotopic (exact) mass is 281 g/mol. The molecule has 2 N–H and O–H groups in total. The number of carbonyl (C=O) groups is 1. The van der Waals surface area contributed by atoms with Gasteiger partial charge in [0.05, 0.1) is 17.8 Å². The van der Waals surface area contributed by atoms with E-state index in [2.05, 4.69) is 24.3 Å². The summed E-state index contributed by atoms with van der Waals surface area (Å²) in [5.74, 6) is -0.0434. The zero-order valence-electron chi connectivity index (χ0n) is 13.2. The summed E-state index contributed by atoms with van der Waals surface area (Å²) >= 11 is 0. The average Bonchev–Trinajstić information content (AvgIpc) is 2.79. The number of amides is 1. The minimum absolute atomic E-state index is 0.126. The summed E-state index contributed by atoms with van der Waals surface area (Å²) in [7, 11) is 0. The van der Waals surface area contributed by atoms with Gasteiger partial charge in [0.25, 0.3) is 5.91 Å². The number of aryl methyl sites for hydroxylation is 1. The SMILES string of the molecule is CCC(CC)n1nc(C)cc1C(=O)NCC(O)C(C)C. The van der Waals surface area contributed by atoms with E-state index in [1.54, 1.807) is 6.07 Å². The highest BCUT2D eigenvalue weighted by atomic mass is 16.3. The smallest absolute Gasteiger partial charge is 0.269 e. The third kappa shape index (κ3) is 4.07. The second-order valence-corrected chi connectivity index (χ2v) is 5.61. The van der Waals surface area contributed by atoms with Gasteiger partial charge in [-0.25, -0.2) is 0 Å². The number of hydrogen-bond donors (Lipinski definition) is 2. The summed E-state index contributed by atoms with van der Waals surface area (Å²) < 4.78 is 1.81. The summed E-state index contributed by atoms with van der Waals surface area (Å²) in [6.07, 6.45) is 1.35. The molecule has 20 heavy (non-hydrogen) atoms.